The predicted molar refractivity (Wildman–Crippen MR) is 55.0 cm³/mol. The molecule has 1 heterocycles. The summed E-state index contributed by atoms with van der Waals surface area (Å²) in [7, 11) is 0. The van der Waals surface area contributed by atoms with Gasteiger partial charge in [-0.3, -0.25) is 5.32 Å². The molecular formula is C9H12F3N5O2. The van der Waals surface area contributed by atoms with E-state index in [1.165, 1.54) is 4.68 Å². The van der Waals surface area contributed by atoms with Crippen molar-refractivity contribution < 1.29 is 23.1 Å². The van der Waals surface area contributed by atoms with E-state index in [0.717, 1.165) is 12.8 Å². The van der Waals surface area contributed by atoms with Gasteiger partial charge in [0.1, 0.15) is 0 Å². The maximum Gasteiger partial charge on any atom is 0.417 e. The second-order valence-corrected chi connectivity index (χ2v) is 4.55. The van der Waals surface area contributed by atoms with Crippen molar-refractivity contribution in [2.24, 2.45) is 0 Å². The van der Waals surface area contributed by atoms with Gasteiger partial charge in [-0.05, 0) is 30.2 Å². The number of carbonyl (C=O) groups is 1. The highest BCUT2D eigenvalue weighted by Crippen LogP contribution is 2.35. The fraction of sp³-hybridized carbons (Fsp3) is 0.778. The minimum atomic E-state index is -4.92. The molecule has 2 rings (SSSR count). The zero-order valence-electron chi connectivity index (χ0n) is 9.98. The van der Waals surface area contributed by atoms with Crippen molar-refractivity contribution in [2.75, 3.05) is 0 Å². The lowest BCUT2D eigenvalue weighted by Crippen LogP contribution is -2.60. The van der Waals surface area contributed by atoms with Gasteiger partial charge in [0.15, 0.2) is 5.82 Å². The third-order valence-corrected chi connectivity index (χ3v) is 3.05. The zero-order valence-corrected chi connectivity index (χ0v) is 9.98. The van der Waals surface area contributed by atoms with Crippen molar-refractivity contribution in [3.63, 3.8) is 0 Å². The Morgan fingerprint density at radius 1 is 1.53 bits per heavy atom. The van der Waals surface area contributed by atoms with Gasteiger partial charge in [0.05, 0.1) is 12.6 Å². The topological polar surface area (TPSA) is 92.9 Å². The van der Waals surface area contributed by atoms with Crippen LogP contribution >= 0.6 is 0 Å². The van der Waals surface area contributed by atoms with Crippen LogP contribution in [0.25, 0.3) is 0 Å². The highest BCUT2D eigenvalue weighted by atomic mass is 19.4. The second kappa shape index (κ2) is 4.44. The van der Waals surface area contributed by atoms with Crippen molar-refractivity contribution in [3.8, 4) is 0 Å². The normalized spacial score (nSPS) is 19.2. The van der Waals surface area contributed by atoms with Crippen LogP contribution in [0.15, 0.2) is 0 Å². The monoisotopic (exact) mass is 279 g/mol. The number of rotatable bonds is 5. The van der Waals surface area contributed by atoms with E-state index >= 15 is 0 Å². The predicted octanol–water partition coefficient (Wildman–Crippen LogP) is 0.503. The molecular weight excluding hydrogens is 267 g/mol. The summed E-state index contributed by atoms with van der Waals surface area (Å²) in [5.74, 6) is -1.80. The van der Waals surface area contributed by atoms with E-state index in [9.17, 15) is 18.0 Å². The van der Waals surface area contributed by atoms with Crippen LogP contribution in [-0.4, -0.2) is 43.0 Å². The molecule has 10 heteroatoms. The summed E-state index contributed by atoms with van der Waals surface area (Å²) in [6.45, 7) is 0.201. The SMILES string of the molecule is CC(NCc1nnnn1C1CC1)(C(=O)O)C(F)(F)F. The van der Waals surface area contributed by atoms with Gasteiger partial charge in [0, 0.05) is 0 Å². The van der Waals surface area contributed by atoms with E-state index in [-0.39, 0.29) is 18.4 Å². The molecule has 1 aliphatic rings. The first-order valence-electron chi connectivity index (χ1n) is 5.57. The zero-order chi connectivity index (χ0) is 14.3. The number of carboxylic acids is 1. The molecule has 1 aromatic heterocycles. The van der Waals surface area contributed by atoms with Crippen molar-refractivity contribution in [2.45, 2.75) is 44.1 Å². The van der Waals surface area contributed by atoms with E-state index in [1.54, 1.807) is 0 Å². The number of aromatic nitrogens is 4. The largest absolute Gasteiger partial charge is 0.480 e. The first-order valence-corrected chi connectivity index (χ1v) is 5.57. The number of aliphatic carboxylic acids is 1. The summed E-state index contributed by atoms with van der Waals surface area (Å²) >= 11 is 0. The minimum absolute atomic E-state index is 0.105. The molecule has 0 bridgehead atoms. The Morgan fingerprint density at radius 3 is 2.63 bits per heavy atom. The molecule has 0 amide bonds. The summed E-state index contributed by atoms with van der Waals surface area (Å²) in [6.07, 6.45) is -3.18. The van der Waals surface area contributed by atoms with Gasteiger partial charge in [-0.1, -0.05) is 0 Å². The Bertz CT molecular complexity index is 484. The number of hydrogen-bond acceptors (Lipinski definition) is 5. The van der Waals surface area contributed by atoms with E-state index in [1.807, 2.05) is 5.32 Å². The Balaban J connectivity index is 2.11. The third-order valence-electron chi connectivity index (χ3n) is 3.05. The van der Waals surface area contributed by atoms with Crippen LogP contribution in [-0.2, 0) is 11.3 Å². The van der Waals surface area contributed by atoms with Gasteiger partial charge in [0.2, 0.25) is 5.54 Å². The van der Waals surface area contributed by atoms with E-state index in [2.05, 4.69) is 15.5 Å². The molecule has 7 nitrogen and oxygen atoms in total. The molecule has 1 fully saturated rings. The summed E-state index contributed by atoms with van der Waals surface area (Å²) in [6, 6.07) is 0.105. The fourth-order valence-electron chi connectivity index (χ4n) is 1.48. The lowest BCUT2D eigenvalue weighted by Gasteiger charge is -2.28. The molecule has 2 N–H and O–H groups in total. The molecule has 1 saturated carbocycles. The summed E-state index contributed by atoms with van der Waals surface area (Å²) in [4.78, 5) is 10.8. The number of nitrogens with one attached hydrogen (secondary N) is 1. The van der Waals surface area contributed by atoms with Crippen LogP contribution in [0, 0.1) is 0 Å². The molecule has 1 aliphatic carbocycles. The molecule has 19 heavy (non-hydrogen) atoms. The van der Waals surface area contributed by atoms with Crippen LogP contribution in [0.4, 0.5) is 13.2 Å². The number of nitrogens with zero attached hydrogens (tertiary/aromatic N) is 4. The molecule has 0 aliphatic heterocycles. The summed E-state index contributed by atoms with van der Waals surface area (Å²) < 4.78 is 39.7. The molecule has 0 spiro atoms. The Kier molecular flexibility index (Phi) is 3.20. The van der Waals surface area contributed by atoms with Crippen LogP contribution in [0.3, 0.4) is 0 Å². The average molecular weight is 279 g/mol. The van der Waals surface area contributed by atoms with E-state index < -0.39 is 17.7 Å². The first kappa shape index (κ1) is 13.7. The van der Waals surface area contributed by atoms with Crippen molar-refractivity contribution >= 4 is 5.97 Å². The lowest BCUT2D eigenvalue weighted by molar-refractivity contribution is -0.206. The first-order chi connectivity index (χ1) is 8.75. The van der Waals surface area contributed by atoms with Gasteiger partial charge in [-0.2, -0.15) is 13.2 Å². The number of carboxylic acid groups (broad SMARTS) is 1. The number of alkyl halides is 3. The van der Waals surface area contributed by atoms with Crippen molar-refractivity contribution in [3.05, 3.63) is 5.82 Å². The van der Waals surface area contributed by atoms with E-state index in [4.69, 9.17) is 5.11 Å². The maximum absolute atomic E-state index is 12.8. The highest BCUT2D eigenvalue weighted by molar-refractivity contribution is 5.79. The smallest absolute Gasteiger partial charge is 0.417 e. The van der Waals surface area contributed by atoms with Crippen molar-refractivity contribution in [1.82, 2.24) is 25.5 Å². The lowest BCUT2D eigenvalue weighted by atomic mass is 10.0. The number of hydrogen-bond donors (Lipinski definition) is 2. The Labute approximate surface area is 105 Å². The minimum Gasteiger partial charge on any atom is -0.480 e. The molecule has 1 aromatic rings. The number of tetrazole rings is 1. The molecule has 0 radical (unpaired) electrons. The second-order valence-electron chi connectivity index (χ2n) is 4.55. The van der Waals surface area contributed by atoms with E-state index in [0.29, 0.717) is 6.92 Å². The van der Waals surface area contributed by atoms with Crippen molar-refractivity contribution in [1.29, 1.82) is 0 Å². The standard InChI is InChI=1S/C9H12F3N5O2/c1-8(7(18)19,9(10,11)12)13-4-6-14-15-16-17(6)5-2-3-5/h5,13H,2-4H2,1H3,(H,18,19). The third kappa shape index (κ3) is 2.53. The average Bonchev–Trinajstić information content (AvgIpc) is 3.03. The van der Waals surface area contributed by atoms with Gasteiger partial charge in [0.25, 0.3) is 0 Å². The summed E-state index contributed by atoms with van der Waals surface area (Å²) in [5.41, 5.74) is -3.03. The molecule has 106 valence electrons. The van der Waals surface area contributed by atoms with Crippen LogP contribution in [0.5, 0.6) is 0 Å². The van der Waals surface area contributed by atoms with Crippen LogP contribution in [0.1, 0.15) is 31.6 Å². The van der Waals surface area contributed by atoms with Gasteiger partial charge >= 0.3 is 12.1 Å². The van der Waals surface area contributed by atoms with Gasteiger partial charge in [-0.25, -0.2) is 9.48 Å². The molecule has 0 saturated heterocycles. The summed E-state index contributed by atoms with van der Waals surface area (Å²) in [5, 5.41) is 21.4. The van der Waals surface area contributed by atoms with Gasteiger partial charge < -0.3 is 5.11 Å². The Morgan fingerprint density at radius 2 is 2.16 bits per heavy atom. The fourth-order valence-corrected chi connectivity index (χ4v) is 1.48. The molecule has 1 atom stereocenters. The maximum atomic E-state index is 12.8. The van der Waals surface area contributed by atoms with Gasteiger partial charge in [-0.15, -0.1) is 5.10 Å². The molecule has 1 unspecified atom stereocenters. The quantitative estimate of drug-likeness (QED) is 0.815. The van der Waals surface area contributed by atoms with Crippen LogP contribution in [0.2, 0.25) is 0 Å². The molecule has 0 aromatic carbocycles. The Hall–Kier alpha value is -1.71. The highest BCUT2D eigenvalue weighted by Gasteiger charge is 2.57. The number of halogens is 3. The van der Waals surface area contributed by atoms with Crippen LogP contribution < -0.4 is 5.32 Å².